The van der Waals surface area contributed by atoms with E-state index in [9.17, 15) is 8.42 Å². The minimum absolute atomic E-state index is 0.334. The van der Waals surface area contributed by atoms with Gasteiger partial charge in [0.1, 0.15) is 11.4 Å². The molecule has 2 fully saturated rings. The monoisotopic (exact) mass is 300 g/mol. The lowest BCUT2D eigenvalue weighted by Gasteiger charge is -2.33. The van der Waals surface area contributed by atoms with Gasteiger partial charge in [-0.1, -0.05) is 26.2 Å². The van der Waals surface area contributed by atoms with E-state index in [2.05, 4.69) is 0 Å². The van der Waals surface area contributed by atoms with Gasteiger partial charge in [0.15, 0.2) is 9.84 Å². The minimum atomic E-state index is -3.05. The molecule has 0 radical (unpaired) electrons. The van der Waals surface area contributed by atoms with Crippen molar-refractivity contribution >= 4 is 9.84 Å². The molecule has 1 aliphatic carbocycles. The summed E-state index contributed by atoms with van der Waals surface area (Å²) < 4.78 is 30.4. The van der Waals surface area contributed by atoms with Crippen molar-refractivity contribution < 1.29 is 13.2 Å². The molecule has 1 unspecified atom stereocenters. The summed E-state index contributed by atoms with van der Waals surface area (Å²) in [5.74, 6) is 0.334. The third kappa shape index (κ3) is 3.57. The van der Waals surface area contributed by atoms with Crippen LogP contribution in [0.15, 0.2) is 11.8 Å². The van der Waals surface area contributed by atoms with Crippen molar-refractivity contribution in [3.8, 4) is 0 Å². The molecular formula is C16H28O3S. The zero-order valence-corrected chi connectivity index (χ0v) is 13.5. The van der Waals surface area contributed by atoms with Crippen molar-refractivity contribution in [1.29, 1.82) is 0 Å². The number of hydrogen-bond donors (Lipinski definition) is 0. The van der Waals surface area contributed by atoms with E-state index in [1.54, 1.807) is 0 Å². The summed E-state index contributed by atoms with van der Waals surface area (Å²) in [5.41, 5.74) is 1.35. The second-order valence-corrected chi connectivity index (χ2v) is 8.82. The van der Waals surface area contributed by atoms with Crippen molar-refractivity contribution in [3.05, 3.63) is 11.8 Å². The van der Waals surface area contributed by atoms with Crippen molar-refractivity contribution in [1.82, 2.24) is 0 Å². The Kier molecular flexibility index (Phi) is 5.53. The maximum absolute atomic E-state index is 12.6. The van der Waals surface area contributed by atoms with E-state index < -0.39 is 14.6 Å². The first-order valence-electron chi connectivity index (χ1n) is 8.11. The summed E-state index contributed by atoms with van der Waals surface area (Å²) in [6.45, 7) is 2.33. The molecule has 1 aliphatic heterocycles. The largest absolute Gasteiger partial charge is 0.500 e. The summed E-state index contributed by atoms with van der Waals surface area (Å²) in [7, 11) is -3.05. The van der Waals surface area contributed by atoms with Crippen LogP contribution in [0.25, 0.3) is 0 Å². The number of hydrogen-bond acceptors (Lipinski definition) is 3. The van der Waals surface area contributed by atoms with E-state index in [0.717, 1.165) is 44.9 Å². The highest BCUT2D eigenvalue weighted by molar-refractivity contribution is 7.92. The fourth-order valence-electron chi connectivity index (χ4n) is 3.38. The average Bonchev–Trinajstić information content (AvgIpc) is 2.92. The topological polar surface area (TPSA) is 43.4 Å². The molecule has 1 heterocycles. The van der Waals surface area contributed by atoms with Crippen LogP contribution in [0.4, 0.5) is 0 Å². The molecule has 0 aromatic rings. The fraction of sp³-hybridized carbons (Fsp3) is 0.875. The van der Waals surface area contributed by atoms with Crippen LogP contribution < -0.4 is 0 Å². The maximum Gasteiger partial charge on any atom is 0.159 e. The SMILES string of the molecule is CCC1(COC=C2CCCC2)CCCCCCS1(=O)=O. The standard InChI is InChI=1S/C16H28O3S/c1-2-16(14-19-13-15-9-5-6-10-15)11-7-3-4-8-12-20(16,17)18/h13H,2-12,14H2,1H3. The highest BCUT2D eigenvalue weighted by Crippen LogP contribution is 2.33. The Bertz CT molecular complexity index is 431. The van der Waals surface area contributed by atoms with Crippen LogP contribution in [0, 0.1) is 0 Å². The third-order valence-corrected chi connectivity index (χ3v) is 7.70. The van der Waals surface area contributed by atoms with Crippen molar-refractivity contribution in [2.24, 2.45) is 0 Å². The molecule has 0 bridgehead atoms. The lowest BCUT2D eigenvalue weighted by atomic mass is 9.97. The third-order valence-electron chi connectivity index (χ3n) is 4.94. The molecule has 2 rings (SSSR count). The summed E-state index contributed by atoms with van der Waals surface area (Å²) in [5, 5.41) is 0. The molecular weight excluding hydrogens is 272 g/mol. The molecule has 0 N–H and O–H groups in total. The van der Waals surface area contributed by atoms with Gasteiger partial charge in [-0.2, -0.15) is 0 Å². The Balaban J connectivity index is 2.06. The van der Waals surface area contributed by atoms with Gasteiger partial charge in [-0.05, 0) is 50.5 Å². The number of allylic oxidation sites excluding steroid dienone is 1. The number of ether oxygens (including phenoxy) is 1. The molecule has 1 saturated heterocycles. The molecule has 116 valence electrons. The predicted molar refractivity (Wildman–Crippen MR) is 82.4 cm³/mol. The Hall–Kier alpha value is -0.510. The second-order valence-electron chi connectivity index (χ2n) is 6.31. The smallest absolute Gasteiger partial charge is 0.159 e. The van der Waals surface area contributed by atoms with Crippen molar-refractivity contribution in [2.45, 2.75) is 75.9 Å². The fourth-order valence-corrected chi connectivity index (χ4v) is 5.54. The molecule has 4 heteroatoms. The van der Waals surface area contributed by atoms with Gasteiger partial charge in [0.25, 0.3) is 0 Å². The molecule has 1 atom stereocenters. The van der Waals surface area contributed by atoms with E-state index in [0.29, 0.717) is 18.8 Å². The van der Waals surface area contributed by atoms with Crippen LogP contribution >= 0.6 is 0 Å². The summed E-state index contributed by atoms with van der Waals surface area (Å²) in [4.78, 5) is 0. The Morgan fingerprint density at radius 3 is 2.50 bits per heavy atom. The molecule has 1 saturated carbocycles. The predicted octanol–water partition coefficient (Wildman–Crippen LogP) is 3.99. The van der Waals surface area contributed by atoms with Gasteiger partial charge in [-0.3, -0.25) is 0 Å². The van der Waals surface area contributed by atoms with Gasteiger partial charge in [0, 0.05) is 0 Å². The van der Waals surface area contributed by atoms with Crippen LogP contribution in [0.2, 0.25) is 0 Å². The van der Waals surface area contributed by atoms with E-state index in [4.69, 9.17) is 4.74 Å². The first-order valence-corrected chi connectivity index (χ1v) is 9.77. The van der Waals surface area contributed by atoms with E-state index in [1.165, 1.54) is 18.4 Å². The number of rotatable bonds is 4. The first kappa shape index (κ1) is 15.9. The zero-order valence-electron chi connectivity index (χ0n) is 12.7. The van der Waals surface area contributed by atoms with Crippen LogP contribution in [-0.4, -0.2) is 25.5 Å². The van der Waals surface area contributed by atoms with Crippen LogP contribution in [0.5, 0.6) is 0 Å². The lowest BCUT2D eigenvalue weighted by molar-refractivity contribution is 0.191. The lowest BCUT2D eigenvalue weighted by Crippen LogP contribution is -2.44. The summed E-state index contributed by atoms with van der Waals surface area (Å²) >= 11 is 0. The molecule has 0 aromatic carbocycles. The van der Waals surface area contributed by atoms with Gasteiger partial charge < -0.3 is 4.74 Å². The molecule has 0 amide bonds. The summed E-state index contributed by atoms with van der Waals surface area (Å²) in [6, 6.07) is 0. The molecule has 0 spiro atoms. The highest BCUT2D eigenvalue weighted by Gasteiger charge is 2.42. The van der Waals surface area contributed by atoms with Crippen LogP contribution in [0.3, 0.4) is 0 Å². The highest BCUT2D eigenvalue weighted by atomic mass is 32.2. The zero-order chi connectivity index (χ0) is 14.5. The van der Waals surface area contributed by atoms with Gasteiger partial charge in [-0.15, -0.1) is 0 Å². The minimum Gasteiger partial charge on any atom is -0.500 e. The van der Waals surface area contributed by atoms with E-state index >= 15 is 0 Å². The average molecular weight is 300 g/mol. The van der Waals surface area contributed by atoms with E-state index in [-0.39, 0.29) is 0 Å². The molecule has 3 nitrogen and oxygen atoms in total. The van der Waals surface area contributed by atoms with Gasteiger partial charge in [-0.25, -0.2) is 8.42 Å². The van der Waals surface area contributed by atoms with Crippen LogP contribution in [-0.2, 0) is 14.6 Å². The van der Waals surface area contributed by atoms with Crippen LogP contribution in [0.1, 0.15) is 71.1 Å². The Labute approximate surface area is 123 Å². The van der Waals surface area contributed by atoms with Gasteiger partial charge >= 0.3 is 0 Å². The molecule has 2 aliphatic rings. The van der Waals surface area contributed by atoms with Crippen molar-refractivity contribution in [3.63, 3.8) is 0 Å². The van der Waals surface area contributed by atoms with E-state index in [1.807, 2.05) is 13.2 Å². The second kappa shape index (κ2) is 6.97. The normalized spacial score (nSPS) is 30.6. The van der Waals surface area contributed by atoms with Gasteiger partial charge in [0.05, 0.1) is 12.0 Å². The van der Waals surface area contributed by atoms with Crippen molar-refractivity contribution in [2.75, 3.05) is 12.4 Å². The molecule has 0 aromatic heterocycles. The summed E-state index contributed by atoms with van der Waals surface area (Å²) in [6.07, 6.45) is 12.0. The Morgan fingerprint density at radius 2 is 1.80 bits per heavy atom. The van der Waals surface area contributed by atoms with Gasteiger partial charge in [0.2, 0.25) is 0 Å². The Morgan fingerprint density at radius 1 is 1.10 bits per heavy atom. The first-order chi connectivity index (χ1) is 9.60. The molecule has 20 heavy (non-hydrogen) atoms. The quantitative estimate of drug-likeness (QED) is 0.737. The number of sulfone groups is 1. The maximum atomic E-state index is 12.6.